The number of benzene rings is 2. The van der Waals surface area contributed by atoms with Crippen LogP contribution < -0.4 is 14.4 Å². The Kier molecular flexibility index (Phi) is 6.01. The van der Waals surface area contributed by atoms with Gasteiger partial charge in [0.2, 0.25) is 10.8 Å². The molecule has 2 aromatic heterocycles. The van der Waals surface area contributed by atoms with E-state index >= 15 is 0 Å². The van der Waals surface area contributed by atoms with Gasteiger partial charge in [-0.1, -0.05) is 35.1 Å². The van der Waals surface area contributed by atoms with Crippen molar-refractivity contribution in [3.8, 4) is 17.4 Å². The Bertz CT molecular complexity index is 1270. The third-order valence-electron chi connectivity index (χ3n) is 5.96. The average Bonchev–Trinajstić information content (AvgIpc) is 3.43. The number of thiazole rings is 1. The van der Waals surface area contributed by atoms with E-state index in [-0.39, 0.29) is 11.9 Å². The highest BCUT2D eigenvalue weighted by atomic mass is 35.5. The highest BCUT2D eigenvalue weighted by Gasteiger charge is 2.32. The molecule has 1 aliphatic heterocycles. The zero-order chi connectivity index (χ0) is 22.9. The van der Waals surface area contributed by atoms with Gasteiger partial charge >= 0.3 is 0 Å². The zero-order valence-corrected chi connectivity index (χ0v) is 19.9. The molecular formula is C23H24ClN5O3S. The Morgan fingerprint density at radius 3 is 2.52 bits per heavy atom. The van der Waals surface area contributed by atoms with Crippen molar-refractivity contribution in [3.05, 3.63) is 64.3 Å². The lowest BCUT2D eigenvalue weighted by molar-refractivity contribution is 0.210. The number of aromatic hydroxyl groups is 1. The second-order valence-corrected chi connectivity index (χ2v) is 9.21. The van der Waals surface area contributed by atoms with E-state index in [1.165, 1.54) is 22.2 Å². The van der Waals surface area contributed by atoms with Crippen molar-refractivity contribution in [3.63, 3.8) is 0 Å². The topological polar surface area (TPSA) is 75.4 Å². The molecule has 1 N–H and O–H groups in total. The molecule has 2 aromatic carbocycles. The first-order valence-corrected chi connectivity index (χ1v) is 11.8. The minimum atomic E-state index is -0.181. The molecule has 1 fully saturated rings. The number of hydrogen-bond acceptors (Lipinski definition) is 8. The summed E-state index contributed by atoms with van der Waals surface area (Å²) in [6.45, 7) is 3.29. The fourth-order valence-corrected chi connectivity index (χ4v) is 5.61. The van der Waals surface area contributed by atoms with Gasteiger partial charge in [0, 0.05) is 36.9 Å². The van der Waals surface area contributed by atoms with E-state index < -0.39 is 0 Å². The van der Waals surface area contributed by atoms with E-state index in [1.807, 2.05) is 36.4 Å². The fourth-order valence-electron chi connectivity index (χ4n) is 4.33. The molecule has 1 atom stereocenters. The lowest BCUT2D eigenvalue weighted by atomic mass is 10.0. The summed E-state index contributed by atoms with van der Waals surface area (Å²) >= 11 is 7.65. The summed E-state index contributed by atoms with van der Waals surface area (Å²) in [5.74, 6) is 1.43. The van der Waals surface area contributed by atoms with Crippen LogP contribution in [-0.2, 0) is 0 Å². The zero-order valence-electron chi connectivity index (χ0n) is 18.3. The maximum absolute atomic E-state index is 11.0. The molecular weight excluding hydrogens is 462 g/mol. The molecule has 0 radical (unpaired) electrons. The average molecular weight is 486 g/mol. The molecule has 0 spiro atoms. The number of rotatable bonds is 6. The molecule has 10 heteroatoms. The normalized spacial score (nSPS) is 15.7. The van der Waals surface area contributed by atoms with E-state index in [0.29, 0.717) is 16.5 Å². The number of piperazine rings is 1. The van der Waals surface area contributed by atoms with Crippen LogP contribution in [0.4, 0.5) is 5.69 Å². The molecule has 1 unspecified atom stereocenters. The Labute approximate surface area is 200 Å². The maximum Gasteiger partial charge on any atom is 0.230 e. The van der Waals surface area contributed by atoms with Crippen LogP contribution in [0.2, 0.25) is 5.02 Å². The Balaban J connectivity index is 1.50. The molecule has 4 aromatic rings. The summed E-state index contributed by atoms with van der Waals surface area (Å²) in [6, 6.07) is 13.7. The molecule has 0 aliphatic carbocycles. The summed E-state index contributed by atoms with van der Waals surface area (Å²) in [5.41, 5.74) is 2.12. The Hall–Kier alpha value is -3.01. The van der Waals surface area contributed by atoms with Gasteiger partial charge in [0.05, 0.1) is 25.1 Å². The number of halogens is 1. The highest BCUT2D eigenvalue weighted by molar-refractivity contribution is 7.17. The minimum absolute atomic E-state index is 0.115. The summed E-state index contributed by atoms with van der Waals surface area (Å²) in [7, 11) is 3.25. The van der Waals surface area contributed by atoms with Crippen LogP contribution in [-0.4, -0.2) is 65.0 Å². The van der Waals surface area contributed by atoms with Crippen molar-refractivity contribution in [2.45, 2.75) is 6.04 Å². The standard InChI is InChI=1S/C23H24ClN5O3S/c1-31-18-7-6-15(12-19(18)32-2)20(21-22(30)29-23(33-21)25-14-26-29)28-10-8-27(9-11-28)17-5-3-4-16(24)13-17/h3-7,12-14,20,30H,8-11H2,1-2H3. The van der Waals surface area contributed by atoms with Gasteiger partial charge in [-0.2, -0.15) is 9.61 Å². The Morgan fingerprint density at radius 1 is 1.03 bits per heavy atom. The molecule has 172 valence electrons. The van der Waals surface area contributed by atoms with Crippen LogP contribution in [0.1, 0.15) is 16.5 Å². The van der Waals surface area contributed by atoms with E-state index in [9.17, 15) is 5.11 Å². The predicted molar refractivity (Wildman–Crippen MR) is 129 cm³/mol. The van der Waals surface area contributed by atoms with E-state index in [2.05, 4.69) is 25.9 Å². The summed E-state index contributed by atoms with van der Waals surface area (Å²) in [4.78, 5) is 10.4. The second kappa shape index (κ2) is 9.09. The lowest BCUT2D eigenvalue weighted by Crippen LogP contribution is -2.47. The maximum atomic E-state index is 11.0. The van der Waals surface area contributed by atoms with E-state index in [0.717, 1.165) is 47.3 Å². The van der Waals surface area contributed by atoms with Crippen LogP contribution in [0, 0.1) is 0 Å². The van der Waals surface area contributed by atoms with Gasteiger partial charge in [-0.3, -0.25) is 4.90 Å². The first-order valence-electron chi connectivity index (χ1n) is 10.6. The van der Waals surface area contributed by atoms with Crippen molar-refractivity contribution < 1.29 is 14.6 Å². The largest absolute Gasteiger partial charge is 0.493 e. The molecule has 5 rings (SSSR count). The minimum Gasteiger partial charge on any atom is -0.493 e. The molecule has 3 heterocycles. The van der Waals surface area contributed by atoms with Gasteiger partial charge in [0.25, 0.3) is 0 Å². The number of anilines is 1. The molecule has 8 nitrogen and oxygen atoms in total. The van der Waals surface area contributed by atoms with Crippen molar-refractivity contribution in [1.82, 2.24) is 19.5 Å². The SMILES string of the molecule is COc1ccc(C(c2sc3ncnn3c2O)N2CCN(c3cccc(Cl)c3)CC2)cc1OC. The third-order valence-corrected chi connectivity index (χ3v) is 7.28. The van der Waals surface area contributed by atoms with Crippen LogP contribution >= 0.6 is 22.9 Å². The quantitative estimate of drug-likeness (QED) is 0.441. The van der Waals surface area contributed by atoms with Crippen molar-refractivity contribution in [2.75, 3.05) is 45.3 Å². The third kappa shape index (κ3) is 4.07. The van der Waals surface area contributed by atoms with Crippen LogP contribution in [0.25, 0.3) is 4.96 Å². The van der Waals surface area contributed by atoms with Crippen LogP contribution in [0.15, 0.2) is 48.8 Å². The molecule has 1 aliphatic rings. The summed E-state index contributed by atoms with van der Waals surface area (Å²) in [5, 5.41) is 15.9. The monoisotopic (exact) mass is 485 g/mol. The molecule has 33 heavy (non-hydrogen) atoms. The van der Waals surface area contributed by atoms with Gasteiger partial charge in [0.15, 0.2) is 11.5 Å². The molecule has 0 bridgehead atoms. The second-order valence-electron chi connectivity index (χ2n) is 7.76. The molecule has 1 saturated heterocycles. The van der Waals surface area contributed by atoms with Gasteiger partial charge in [-0.15, -0.1) is 0 Å². The summed E-state index contributed by atoms with van der Waals surface area (Å²) < 4.78 is 12.5. The van der Waals surface area contributed by atoms with Crippen LogP contribution in [0.5, 0.6) is 17.4 Å². The number of nitrogens with zero attached hydrogens (tertiary/aromatic N) is 5. The number of methoxy groups -OCH3 is 2. The fraction of sp³-hybridized carbons (Fsp3) is 0.304. The Morgan fingerprint density at radius 2 is 1.82 bits per heavy atom. The predicted octanol–water partition coefficient (Wildman–Crippen LogP) is 4.08. The van der Waals surface area contributed by atoms with Gasteiger partial charge in [0.1, 0.15) is 6.33 Å². The number of ether oxygens (including phenoxy) is 2. The first-order chi connectivity index (χ1) is 16.1. The number of aromatic nitrogens is 3. The van der Waals surface area contributed by atoms with Crippen molar-refractivity contribution >= 4 is 33.6 Å². The smallest absolute Gasteiger partial charge is 0.230 e. The lowest BCUT2D eigenvalue weighted by Gasteiger charge is -2.40. The number of fused-ring (bicyclic) bond motifs is 1. The van der Waals surface area contributed by atoms with Gasteiger partial charge in [-0.05, 0) is 35.9 Å². The van der Waals surface area contributed by atoms with E-state index in [4.69, 9.17) is 21.1 Å². The van der Waals surface area contributed by atoms with Gasteiger partial charge < -0.3 is 19.5 Å². The van der Waals surface area contributed by atoms with Crippen molar-refractivity contribution in [2.24, 2.45) is 0 Å². The molecule has 0 saturated carbocycles. The van der Waals surface area contributed by atoms with Crippen LogP contribution in [0.3, 0.4) is 0 Å². The summed E-state index contributed by atoms with van der Waals surface area (Å²) in [6.07, 6.45) is 1.45. The highest BCUT2D eigenvalue weighted by Crippen LogP contribution is 2.42. The first kappa shape index (κ1) is 21.8. The van der Waals surface area contributed by atoms with E-state index in [1.54, 1.807) is 14.2 Å². The molecule has 0 amide bonds. The van der Waals surface area contributed by atoms with Gasteiger partial charge in [-0.25, -0.2) is 4.98 Å². The number of hydrogen-bond donors (Lipinski definition) is 1. The van der Waals surface area contributed by atoms with Crippen molar-refractivity contribution in [1.29, 1.82) is 0 Å².